The predicted octanol–water partition coefficient (Wildman–Crippen LogP) is 3.44. The molecule has 1 aromatic carbocycles. The van der Waals surface area contributed by atoms with Crippen LogP contribution in [0.15, 0.2) is 24.4 Å². The Morgan fingerprint density at radius 2 is 2.27 bits per heavy atom. The van der Waals surface area contributed by atoms with Crippen molar-refractivity contribution in [3.05, 3.63) is 30.2 Å². The number of nitrogens with zero attached hydrogens (tertiary/aromatic N) is 1. The van der Waals surface area contributed by atoms with E-state index in [4.69, 9.17) is 4.74 Å². The molecular formula is C16H19FN2O3. The smallest absolute Gasteiger partial charge is 0.326 e. The minimum atomic E-state index is -0.943. The van der Waals surface area contributed by atoms with Gasteiger partial charge in [0.05, 0.1) is 7.11 Å². The molecule has 1 unspecified atom stereocenters. The van der Waals surface area contributed by atoms with Crippen molar-refractivity contribution in [2.75, 3.05) is 12.4 Å². The number of methoxy groups -OCH3 is 1. The third kappa shape index (κ3) is 3.44. The van der Waals surface area contributed by atoms with Crippen molar-refractivity contribution in [2.45, 2.75) is 32.2 Å². The summed E-state index contributed by atoms with van der Waals surface area (Å²) in [5, 5.41) is 13.5. The third-order valence-corrected chi connectivity index (χ3v) is 3.49. The number of benzene rings is 1. The van der Waals surface area contributed by atoms with Crippen LogP contribution in [-0.2, 0) is 4.79 Å². The summed E-state index contributed by atoms with van der Waals surface area (Å²) in [6.45, 7) is 2.00. The highest BCUT2D eigenvalue weighted by molar-refractivity contribution is 5.94. The summed E-state index contributed by atoms with van der Waals surface area (Å²) in [5.41, 5.74) is 0. The van der Waals surface area contributed by atoms with Crippen LogP contribution in [0.25, 0.3) is 10.8 Å². The molecule has 1 heterocycles. The largest absolute Gasteiger partial charge is 0.494 e. The van der Waals surface area contributed by atoms with Crippen molar-refractivity contribution in [2.24, 2.45) is 0 Å². The lowest BCUT2D eigenvalue weighted by Gasteiger charge is -2.16. The van der Waals surface area contributed by atoms with E-state index in [0.717, 1.165) is 18.2 Å². The van der Waals surface area contributed by atoms with Crippen LogP contribution in [0.4, 0.5) is 10.2 Å². The number of nitrogens with one attached hydrogen (secondary N) is 1. The van der Waals surface area contributed by atoms with Gasteiger partial charge in [-0.05, 0) is 30.0 Å². The van der Waals surface area contributed by atoms with E-state index in [1.807, 2.05) is 6.92 Å². The van der Waals surface area contributed by atoms with E-state index in [2.05, 4.69) is 10.3 Å². The zero-order valence-corrected chi connectivity index (χ0v) is 12.6. The number of aromatic nitrogens is 1. The molecule has 1 aromatic heterocycles. The summed E-state index contributed by atoms with van der Waals surface area (Å²) < 4.78 is 18.9. The summed E-state index contributed by atoms with van der Waals surface area (Å²) in [4.78, 5) is 15.5. The van der Waals surface area contributed by atoms with Gasteiger partial charge >= 0.3 is 5.97 Å². The Morgan fingerprint density at radius 3 is 2.91 bits per heavy atom. The summed E-state index contributed by atoms with van der Waals surface area (Å²) in [6, 6.07) is 3.86. The lowest BCUT2D eigenvalue weighted by atomic mass is 10.1. The van der Waals surface area contributed by atoms with Crippen LogP contribution in [0.3, 0.4) is 0 Å². The number of aliphatic carboxylic acids is 1. The lowest BCUT2D eigenvalue weighted by molar-refractivity contribution is -0.138. The molecule has 2 aromatic rings. The molecule has 0 bridgehead atoms. The quantitative estimate of drug-likeness (QED) is 0.820. The number of fused-ring (bicyclic) bond motifs is 1. The number of carboxylic acids is 1. The Kier molecular flexibility index (Phi) is 5.14. The van der Waals surface area contributed by atoms with Crippen LogP contribution in [0.1, 0.15) is 26.2 Å². The Bertz CT molecular complexity index is 676. The first-order chi connectivity index (χ1) is 10.6. The molecule has 0 fully saturated rings. The molecule has 0 saturated carbocycles. The Labute approximate surface area is 128 Å². The van der Waals surface area contributed by atoms with Gasteiger partial charge in [0.2, 0.25) is 0 Å². The number of halogens is 1. The zero-order valence-electron chi connectivity index (χ0n) is 12.6. The molecule has 0 saturated heterocycles. The van der Waals surface area contributed by atoms with Gasteiger partial charge in [-0.15, -0.1) is 0 Å². The van der Waals surface area contributed by atoms with Crippen molar-refractivity contribution in [3.63, 3.8) is 0 Å². The van der Waals surface area contributed by atoms with E-state index in [-0.39, 0.29) is 5.75 Å². The second-order valence-electron chi connectivity index (χ2n) is 5.04. The highest BCUT2D eigenvalue weighted by Crippen LogP contribution is 2.28. The number of ether oxygens (including phenoxy) is 1. The average Bonchev–Trinajstić information content (AvgIpc) is 2.50. The summed E-state index contributed by atoms with van der Waals surface area (Å²) >= 11 is 0. The summed E-state index contributed by atoms with van der Waals surface area (Å²) in [6.07, 6.45) is 3.74. The molecule has 5 nitrogen and oxygen atoms in total. The molecule has 0 radical (unpaired) electrons. The van der Waals surface area contributed by atoms with Gasteiger partial charge in [-0.25, -0.2) is 14.2 Å². The highest BCUT2D eigenvalue weighted by Gasteiger charge is 2.18. The number of hydrogen-bond acceptors (Lipinski definition) is 4. The molecule has 0 aliphatic rings. The molecule has 22 heavy (non-hydrogen) atoms. The number of anilines is 1. The fourth-order valence-corrected chi connectivity index (χ4v) is 2.28. The first-order valence-electron chi connectivity index (χ1n) is 7.18. The first-order valence-corrected chi connectivity index (χ1v) is 7.18. The molecule has 0 aliphatic heterocycles. The van der Waals surface area contributed by atoms with Gasteiger partial charge in [0.1, 0.15) is 11.9 Å². The molecule has 2 rings (SSSR count). The fourth-order valence-electron chi connectivity index (χ4n) is 2.28. The number of carboxylic acid groups (broad SMARTS) is 1. The van der Waals surface area contributed by atoms with Crippen molar-refractivity contribution >= 4 is 22.6 Å². The minimum absolute atomic E-state index is 0.144. The maximum absolute atomic E-state index is 13.9. The van der Waals surface area contributed by atoms with E-state index in [0.29, 0.717) is 17.6 Å². The second kappa shape index (κ2) is 7.06. The topological polar surface area (TPSA) is 71.5 Å². The van der Waals surface area contributed by atoms with E-state index in [9.17, 15) is 14.3 Å². The molecule has 0 spiro atoms. The number of carbonyl (C=O) groups is 1. The number of rotatable bonds is 7. The van der Waals surface area contributed by atoms with Crippen molar-refractivity contribution in [1.29, 1.82) is 0 Å². The van der Waals surface area contributed by atoms with Crippen LogP contribution in [0.5, 0.6) is 5.75 Å². The van der Waals surface area contributed by atoms with Gasteiger partial charge in [-0.2, -0.15) is 0 Å². The molecule has 1 atom stereocenters. The summed E-state index contributed by atoms with van der Waals surface area (Å²) in [7, 11) is 1.40. The standard InChI is InChI=1S/C16H19FN2O3/c1-3-4-5-13(16(20)21)19-15-11-9-12(17)14(22-2)8-10(11)6-7-18-15/h6-9,13H,3-5H2,1-2H3,(H,18,19)(H,20,21). The zero-order chi connectivity index (χ0) is 16.1. The Hall–Kier alpha value is -2.37. The Morgan fingerprint density at radius 1 is 1.50 bits per heavy atom. The van der Waals surface area contributed by atoms with E-state index >= 15 is 0 Å². The minimum Gasteiger partial charge on any atom is -0.494 e. The normalized spacial score (nSPS) is 12.1. The third-order valence-electron chi connectivity index (χ3n) is 3.49. The van der Waals surface area contributed by atoms with Crippen molar-refractivity contribution in [1.82, 2.24) is 4.98 Å². The summed E-state index contributed by atoms with van der Waals surface area (Å²) in [5.74, 6) is -0.944. The molecule has 0 aliphatic carbocycles. The SMILES string of the molecule is CCCCC(Nc1nccc2cc(OC)c(F)cc12)C(=O)O. The van der Waals surface area contributed by atoms with E-state index in [1.54, 1.807) is 18.3 Å². The molecule has 2 N–H and O–H groups in total. The second-order valence-corrected chi connectivity index (χ2v) is 5.04. The molecule has 0 amide bonds. The molecule has 118 valence electrons. The molecular weight excluding hydrogens is 287 g/mol. The lowest BCUT2D eigenvalue weighted by Crippen LogP contribution is -2.29. The van der Waals surface area contributed by atoms with Gasteiger partial charge < -0.3 is 15.2 Å². The van der Waals surface area contributed by atoms with Crippen LogP contribution in [0.2, 0.25) is 0 Å². The molecule has 6 heteroatoms. The first kappa shape index (κ1) is 16.0. The average molecular weight is 306 g/mol. The van der Waals surface area contributed by atoms with Crippen LogP contribution >= 0.6 is 0 Å². The maximum atomic E-state index is 13.9. The number of unbranched alkanes of at least 4 members (excludes halogenated alkanes) is 1. The van der Waals surface area contributed by atoms with Crippen LogP contribution < -0.4 is 10.1 Å². The van der Waals surface area contributed by atoms with Gasteiger partial charge in [0.25, 0.3) is 0 Å². The predicted molar refractivity (Wildman–Crippen MR) is 82.8 cm³/mol. The van der Waals surface area contributed by atoms with Gasteiger partial charge in [-0.1, -0.05) is 19.8 Å². The van der Waals surface area contributed by atoms with Crippen LogP contribution in [-0.4, -0.2) is 29.2 Å². The van der Waals surface area contributed by atoms with Crippen molar-refractivity contribution < 1.29 is 19.0 Å². The van der Waals surface area contributed by atoms with Gasteiger partial charge in [0, 0.05) is 11.6 Å². The van der Waals surface area contributed by atoms with E-state index in [1.165, 1.54) is 13.2 Å². The van der Waals surface area contributed by atoms with E-state index < -0.39 is 17.8 Å². The van der Waals surface area contributed by atoms with Gasteiger partial charge in [-0.3, -0.25) is 0 Å². The van der Waals surface area contributed by atoms with Gasteiger partial charge in [0.15, 0.2) is 11.6 Å². The highest BCUT2D eigenvalue weighted by atomic mass is 19.1. The number of pyridine rings is 1. The van der Waals surface area contributed by atoms with Crippen LogP contribution in [0, 0.1) is 5.82 Å². The number of hydrogen-bond donors (Lipinski definition) is 2. The monoisotopic (exact) mass is 306 g/mol. The van der Waals surface area contributed by atoms with Crippen molar-refractivity contribution in [3.8, 4) is 5.75 Å². The maximum Gasteiger partial charge on any atom is 0.326 e. The fraction of sp³-hybridized carbons (Fsp3) is 0.375. The Balaban J connectivity index is 2.38.